The maximum absolute atomic E-state index is 12.5. The fourth-order valence-corrected chi connectivity index (χ4v) is 2.77. The Hall–Kier alpha value is -2.57. The van der Waals surface area contributed by atoms with Crippen molar-refractivity contribution in [1.29, 1.82) is 0 Å². The van der Waals surface area contributed by atoms with Crippen molar-refractivity contribution in [3.63, 3.8) is 0 Å². The molecule has 0 aliphatic heterocycles. The fraction of sp³-hybridized carbons (Fsp3) is 0.679. The number of nitrogens with one attached hydrogen (secondary N) is 1. The molecular weight excluding hydrogens is 446 g/mol. The lowest BCUT2D eigenvalue weighted by molar-refractivity contribution is -0.154. The molecule has 0 aliphatic carbocycles. The average Bonchev–Trinajstić information content (AvgIpc) is 2.66. The number of benzene rings is 1. The normalized spacial score (nSPS) is 12.7. The third-order valence-corrected chi connectivity index (χ3v) is 4.79. The van der Waals surface area contributed by atoms with E-state index in [4.69, 9.17) is 14.2 Å². The largest absolute Gasteiger partial charge is 0.460 e. The molecule has 35 heavy (non-hydrogen) atoms. The molecule has 0 aliphatic rings. The average molecular weight is 492 g/mol. The SMILES string of the molecule is CC(C)(C)Nc1c(COC(=O)C(C)(C)C)cc(COC(=O)C(C)(C)C)cc1COC(=O)C(C)(C)C. The number of anilines is 1. The summed E-state index contributed by atoms with van der Waals surface area (Å²) in [6.07, 6.45) is 0. The molecule has 0 heterocycles. The molecule has 7 nitrogen and oxygen atoms in total. The molecule has 0 saturated carbocycles. The Kier molecular flexibility index (Phi) is 9.58. The van der Waals surface area contributed by atoms with E-state index in [-0.39, 0.29) is 43.3 Å². The standard InChI is InChI=1S/C28H45NO6/c1-25(2,3)22(30)33-15-18-13-19(16-34-23(31)26(4,5)6)21(29-28(10,11)12)20(14-18)17-35-24(32)27(7,8)9/h13-14,29H,15-17H2,1-12H3. The highest BCUT2D eigenvalue weighted by molar-refractivity contribution is 5.77. The van der Waals surface area contributed by atoms with Crippen LogP contribution in [0, 0.1) is 16.2 Å². The van der Waals surface area contributed by atoms with Crippen LogP contribution in [0.4, 0.5) is 5.69 Å². The topological polar surface area (TPSA) is 90.9 Å². The summed E-state index contributed by atoms with van der Waals surface area (Å²) in [6, 6.07) is 3.71. The zero-order valence-electron chi connectivity index (χ0n) is 23.7. The number of hydrogen-bond donors (Lipinski definition) is 1. The van der Waals surface area contributed by atoms with Gasteiger partial charge in [0.15, 0.2) is 0 Å². The van der Waals surface area contributed by atoms with Crippen molar-refractivity contribution in [2.24, 2.45) is 16.2 Å². The summed E-state index contributed by atoms with van der Waals surface area (Å²) in [5.74, 6) is -0.982. The highest BCUT2D eigenvalue weighted by Gasteiger charge is 2.27. The number of esters is 3. The van der Waals surface area contributed by atoms with E-state index >= 15 is 0 Å². The lowest BCUT2D eigenvalue weighted by atomic mass is 9.96. The van der Waals surface area contributed by atoms with Crippen LogP contribution < -0.4 is 5.32 Å². The van der Waals surface area contributed by atoms with E-state index in [1.165, 1.54) is 0 Å². The van der Waals surface area contributed by atoms with Crippen LogP contribution in [0.15, 0.2) is 12.1 Å². The molecule has 0 radical (unpaired) electrons. The monoisotopic (exact) mass is 491 g/mol. The first-order chi connectivity index (χ1) is 15.6. The first-order valence-electron chi connectivity index (χ1n) is 12.1. The van der Waals surface area contributed by atoms with Crippen LogP contribution >= 0.6 is 0 Å². The van der Waals surface area contributed by atoms with Crippen LogP contribution in [0.25, 0.3) is 0 Å². The molecule has 0 unspecified atom stereocenters. The minimum atomic E-state index is -0.650. The fourth-order valence-electron chi connectivity index (χ4n) is 2.77. The van der Waals surface area contributed by atoms with Gasteiger partial charge in [-0.1, -0.05) is 0 Å². The molecule has 0 amide bonds. The molecule has 0 fully saturated rings. The van der Waals surface area contributed by atoms with Gasteiger partial charge in [-0.25, -0.2) is 0 Å². The quantitative estimate of drug-likeness (QED) is 0.360. The molecule has 1 N–H and O–H groups in total. The molecule has 0 atom stereocenters. The van der Waals surface area contributed by atoms with E-state index in [0.29, 0.717) is 16.7 Å². The van der Waals surface area contributed by atoms with Crippen LogP contribution in [-0.2, 0) is 48.4 Å². The lowest BCUT2D eigenvalue weighted by Gasteiger charge is -2.28. The van der Waals surface area contributed by atoms with E-state index < -0.39 is 16.2 Å². The summed E-state index contributed by atoms with van der Waals surface area (Å²) < 4.78 is 16.8. The molecule has 0 aromatic heterocycles. The smallest absolute Gasteiger partial charge is 0.311 e. The summed E-state index contributed by atoms with van der Waals surface area (Å²) in [6.45, 7) is 22.3. The van der Waals surface area contributed by atoms with Gasteiger partial charge in [0, 0.05) is 22.4 Å². The third-order valence-electron chi connectivity index (χ3n) is 4.79. The molecule has 0 spiro atoms. The first-order valence-corrected chi connectivity index (χ1v) is 12.1. The molecule has 7 heteroatoms. The molecule has 0 saturated heterocycles. The zero-order chi connectivity index (χ0) is 27.4. The van der Waals surface area contributed by atoms with E-state index in [1.54, 1.807) is 62.3 Å². The van der Waals surface area contributed by atoms with Gasteiger partial charge in [-0.3, -0.25) is 14.4 Å². The summed E-state index contributed by atoms with van der Waals surface area (Å²) in [4.78, 5) is 37.3. The van der Waals surface area contributed by atoms with E-state index in [9.17, 15) is 14.4 Å². The van der Waals surface area contributed by atoms with Crippen molar-refractivity contribution >= 4 is 23.6 Å². The predicted molar refractivity (Wildman–Crippen MR) is 138 cm³/mol. The minimum absolute atomic E-state index is 0.0236. The Balaban J connectivity index is 3.46. The number of rotatable bonds is 7. The Morgan fingerprint density at radius 2 is 0.914 bits per heavy atom. The minimum Gasteiger partial charge on any atom is -0.460 e. The van der Waals surface area contributed by atoms with Gasteiger partial charge in [0.1, 0.15) is 19.8 Å². The molecule has 1 aromatic rings. The van der Waals surface area contributed by atoms with E-state index in [2.05, 4.69) is 5.32 Å². The highest BCUT2D eigenvalue weighted by atomic mass is 16.5. The zero-order valence-corrected chi connectivity index (χ0v) is 23.7. The summed E-state index contributed by atoms with van der Waals surface area (Å²) in [7, 11) is 0. The van der Waals surface area contributed by atoms with Crippen molar-refractivity contribution < 1.29 is 28.6 Å². The summed E-state index contributed by atoms with van der Waals surface area (Å²) in [5, 5.41) is 3.47. The van der Waals surface area contributed by atoms with Crippen molar-refractivity contribution in [1.82, 2.24) is 0 Å². The van der Waals surface area contributed by atoms with Gasteiger partial charge in [0.25, 0.3) is 0 Å². The van der Waals surface area contributed by atoms with Gasteiger partial charge in [-0.05, 0) is 101 Å². The van der Waals surface area contributed by atoms with Gasteiger partial charge in [-0.15, -0.1) is 0 Å². The molecular formula is C28H45NO6. The second kappa shape index (κ2) is 11.0. The van der Waals surface area contributed by atoms with Gasteiger partial charge >= 0.3 is 17.9 Å². The van der Waals surface area contributed by atoms with Gasteiger partial charge in [0.2, 0.25) is 0 Å². The number of carbonyl (C=O) groups excluding carboxylic acids is 3. The van der Waals surface area contributed by atoms with E-state index in [0.717, 1.165) is 5.69 Å². The molecule has 1 rings (SSSR count). The Morgan fingerprint density at radius 3 is 1.20 bits per heavy atom. The van der Waals surface area contributed by atoms with Gasteiger partial charge < -0.3 is 19.5 Å². The molecule has 0 bridgehead atoms. The molecule has 1 aromatic carbocycles. The van der Waals surface area contributed by atoms with Crippen LogP contribution in [0.1, 0.15) is 99.8 Å². The Morgan fingerprint density at radius 1 is 0.600 bits per heavy atom. The van der Waals surface area contributed by atoms with Crippen molar-refractivity contribution in [3.8, 4) is 0 Å². The van der Waals surface area contributed by atoms with Crippen molar-refractivity contribution in [3.05, 3.63) is 28.8 Å². The molecule has 198 valence electrons. The Bertz CT molecular complexity index is 870. The second-order valence-electron chi connectivity index (χ2n) is 13.1. The second-order valence-corrected chi connectivity index (χ2v) is 13.1. The first kappa shape index (κ1) is 30.5. The maximum atomic E-state index is 12.5. The lowest BCUT2D eigenvalue weighted by Crippen LogP contribution is -2.29. The van der Waals surface area contributed by atoms with Gasteiger partial charge in [0.05, 0.1) is 16.2 Å². The maximum Gasteiger partial charge on any atom is 0.311 e. The highest BCUT2D eigenvalue weighted by Crippen LogP contribution is 2.31. The summed E-state index contributed by atoms with van der Waals surface area (Å²) in [5.41, 5.74) is 0.616. The van der Waals surface area contributed by atoms with E-state index in [1.807, 2.05) is 32.9 Å². The third kappa shape index (κ3) is 10.3. The van der Waals surface area contributed by atoms with Crippen molar-refractivity contribution in [2.45, 2.75) is 108 Å². The van der Waals surface area contributed by atoms with Crippen LogP contribution in [-0.4, -0.2) is 23.4 Å². The Labute approximate surface area is 211 Å². The van der Waals surface area contributed by atoms with Crippen LogP contribution in [0.5, 0.6) is 0 Å². The van der Waals surface area contributed by atoms with Crippen LogP contribution in [0.2, 0.25) is 0 Å². The number of ether oxygens (including phenoxy) is 3. The number of carbonyl (C=O) groups is 3. The number of hydrogen-bond acceptors (Lipinski definition) is 7. The van der Waals surface area contributed by atoms with Gasteiger partial charge in [-0.2, -0.15) is 0 Å². The van der Waals surface area contributed by atoms with Crippen LogP contribution in [0.3, 0.4) is 0 Å². The predicted octanol–water partition coefficient (Wildman–Crippen LogP) is 6.16. The summed E-state index contributed by atoms with van der Waals surface area (Å²) >= 11 is 0. The van der Waals surface area contributed by atoms with Crippen molar-refractivity contribution in [2.75, 3.05) is 5.32 Å².